The van der Waals surface area contributed by atoms with Crippen LogP contribution in [0.4, 0.5) is 10.8 Å². The van der Waals surface area contributed by atoms with Crippen molar-refractivity contribution in [1.29, 1.82) is 0 Å². The van der Waals surface area contributed by atoms with Crippen LogP contribution in [0.3, 0.4) is 0 Å². The lowest BCUT2D eigenvalue weighted by atomic mass is 10.1. The van der Waals surface area contributed by atoms with Gasteiger partial charge in [-0.05, 0) is 25.1 Å². The predicted molar refractivity (Wildman–Crippen MR) is 96.1 cm³/mol. The number of methoxy groups -OCH3 is 1. The van der Waals surface area contributed by atoms with Crippen LogP contribution in [0.15, 0.2) is 23.6 Å². The Labute approximate surface area is 153 Å². The minimum atomic E-state index is -0.528. The molecule has 8 nitrogen and oxygen atoms in total. The van der Waals surface area contributed by atoms with Gasteiger partial charge in [0.05, 0.1) is 24.9 Å². The van der Waals surface area contributed by atoms with E-state index < -0.39 is 12.1 Å². The lowest BCUT2D eigenvalue weighted by Gasteiger charge is -2.23. The molecule has 136 valence electrons. The van der Waals surface area contributed by atoms with Crippen molar-refractivity contribution in [2.75, 3.05) is 17.7 Å². The number of rotatable bonds is 5. The maximum absolute atomic E-state index is 11.8. The van der Waals surface area contributed by atoms with Gasteiger partial charge < -0.3 is 20.1 Å². The van der Waals surface area contributed by atoms with E-state index in [1.165, 1.54) is 18.4 Å². The third kappa shape index (κ3) is 3.99. The summed E-state index contributed by atoms with van der Waals surface area (Å²) in [5, 5.41) is 7.67. The normalized spacial score (nSPS) is 15.5. The summed E-state index contributed by atoms with van der Waals surface area (Å²) in [4.78, 5) is 39.0. The lowest BCUT2D eigenvalue weighted by molar-refractivity contribution is -0.141. The van der Waals surface area contributed by atoms with Crippen molar-refractivity contribution in [3.63, 3.8) is 0 Å². The Balaban J connectivity index is 1.68. The summed E-state index contributed by atoms with van der Waals surface area (Å²) in [5.74, 6) is -0.345. The molecule has 1 aliphatic heterocycles. The third-order valence-corrected chi connectivity index (χ3v) is 4.50. The second kappa shape index (κ2) is 7.52. The molecular formula is C17H17N3O5S. The number of thiazole rings is 1. The zero-order valence-electron chi connectivity index (χ0n) is 14.2. The smallest absolute Gasteiger partial charge is 0.306 e. The number of aromatic nitrogens is 1. The van der Waals surface area contributed by atoms with E-state index in [0.29, 0.717) is 22.3 Å². The van der Waals surface area contributed by atoms with Gasteiger partial charge in [0.15, 0.2) is 11.2 Å². The number of hydrogen-bond acceptors (Lipinski definition) is 7. The number of nitrogens with one attached hydrogen (secondary N) is 2. The highest BCUT2D eigenvalue weighted by Gasteiger charge is 2.24. The first-order valence-corrected chi connectivity index (χ1v) is 8.78. The summed E-state index contributed by atoms with van der Waals surface area (Å²) in [6.07, 6.45) is -0.481. The van der Waals surface area contributed by atoms with Crippen LogP contribution >= 0.6 is 11.3 Å². The molecule has 2 N–H and O–H groups in total. The Hall–Kier alpha value is -2.94. The van der Waals surface area contributed by atoms with Gasteiger partial charge in [-0.25, -0.2) is 4.98 Å². The number of fused-ring (bicyclic) bond motifs is 1. The Kier molecular flexibility index (Phi) is 5.17. The van der Waals surface area contributed by atoms with Crippen LogP contribution in [-0.2, 0) is 19.1 Å². The predicted octanol–water partition coefficient (Wildman–Crippen LogP) is 2.42. The quantitative estimate of drug-likeness (QED) is 0.778. The van der Waals surface area contributed by atoms with Crippen LogP contribution in [0.25, 0.3) is 11.3 Å². The highest BCUT2D eigenvalue weighted by Crippen LogP contribution is 2.34. The molecule has 0 spiro atoms. The number of ether oxygens (including phenoxy) is 2. The van der Waals surface area contributed by atoms with E-state index in [1.54, 1.807) is 24.4 Å². The van der Waals surface area contributed by atoms with E-state index in [4.69, 9.17) is 4.74 Å². The van der Waals surface area contributed by atoms with Crippen LogP contribution in [-0.4, -0.2) is 36.0 Å². The number of nitrogens with zero attached hydrogens (tertiary/aromatic N) is 1. The third-order valence-electron chi connectivity index (χ3n) is 3.74. The van der Waals surface area contributed by atoms with Crippen molar-refractivity contribution in [3.8, 4) is 17.0 Å². The van der Waals surface area contributed by atoms with Crippen molar-refractivity contribution in [1.82, 2.24) is 4.98 Å². The molecular weight excluding hydrogens is 358 g/mol. The Bertz CT molecular complexity index is 864. The molecule has 0 saturated carbocycles. The molecule has 3 rings (SSSR count). The maximum atomic E-state index is 11.8. The second-order valence-electron chi connectivity index (χ2n) is 5.62. The molecule has 2 heterocycles. The molecule has 1 aromatic carbocycles. The molecule has 2 aromatic rings. The molecule has 1 aromatic heterocycles. The number of esters is 1. The average molecular weight is 375 g/mol. The van der Waals surface area contributed by atoms with E-state index in [1.807, 2.05) is 6.07 Å². The molecule has 1 atom stereocenters. The molecule has 1 unspecified atom stereocenters. The van der Waals surface area contributed by atoms with Crippen molar-refractivity contribution < 1.29 is 23.9 Å². The first-order valence-electron chi connectivity index (χ1n) is 7.90. The Morgan fingerprint density at radius 3 is 2.96 bits per heavy atom. The first-order chi connectivity index (χ1) is 12.5. The van der Waals surface area contributed by atoms with Gasteiger partial charge >= 0.3 is 5.97 Å². The van der Waals surface area contributed by atoms with Crippen LogP contribution in [0.5, 0.6) is 5.75 Å². The number of anilines is 2. The van der Waals surface area contributed by atoms with E-state index >= 15 is 0 Å². The van der Waals surface area contributed by atoms with Crippen LogP contribution in [0.1, 0.15) is 19.8 Å². The van der Waals surface area contributed by atoms with Crippen molar-refractivity contribution in [2.24, 2.45) is 0 Å². The minimum absolute atomic E-state index is 0.0174. The molecule has 0 saturated heterocycles. The van der Waals surface area contributed by atoms with E-state index in [9.17, 15) is 14.4 Å². The number of benzene rings is 1. The van der Waals surface area contributed by atoms with Crippen LogP contribution in [0, 0.1) is 0 Å². The molecule has 26 heavy (non-hydrogen) atoms. The highest BCUT2D eigenvalue weighted by atomic mass is 32.1. The standard InChI is InChI=1S/C17H17N3O5S/c1-9-16(23)18-11-7-10(3-4-13(11)25-9)12-8-26-17(19-12)20-14(21)5-6-15(22)24-2/h3-4,7-9H,5-6H2,1-2H3,(H,18,23)(H,19,20,21). The van der Waals surface area contributed by atoms with Gasteiger partial charge in [-0.3, -0.25) is 14.4 Å². The van der Waals surface area contributed by atoms with Gasteiger partial charge in [0.1, 0.15) is 5.75 Å². The van der Waals surface area contributed by atoms with Crippen LogP contribution < -0.4 is 15.4 Å². The first kappa shape index (κ1) is 17.9. The van der Waals surface area contributed by atoms with Gasteiger partial charge in [0.2, 0.25) is 5.91 Å². The Morgan fingerprint density at radius 1 is 1.38 bits per heavy atom. The summed E-state index contributed by atoms with van der Waals surface area (Å²) in [6.45, 7) is 1.68. The number of amides is 2. The number of carbonyl (C=O) groups is 3. The fraction of sp³-hybridized carbons (Fsp3) is 0.294. The van der Waals surface area contributed by atoms with Crippen molar-refractivity contribution >= 4 is 39.9 Å². The van der Waals surface area contributed by atoms with Gasteiger partial charge in [-0.15, -0.1) is 11.3 Å². The summed E-state index contributed by atoms with van der Waals surface area (Å²) >= 11 is 1.27. The Morgan fingerprint density at radius 2 is 2.19 bits per heavy atom. The SMILES string of the molecule is COC(=O)CCC(=O)Nc1nc(-c2ccc3c(c2)NC(=O)C(C)O3)cs1. The number of hydrogen-bond donors (Lipinski definition) is 2. The monoisotopic (exact) mass is 375 g/mol. The fourth-order valence-corrected chi connectivity index (χ4v) is 3.07. The van der Waals surface area contributed by atoms with E-state index in [-0.39, 0.29) is 24.7 Å². The molecule has 1 aliphatic rings. The molecule has 0 bridgehead atoms. The molecule has 0 aliphatic carbocycles. The molecule has 2 amide bonds. The summed E-state index contributed by atoms with van der Waals surface area (Å²) < 4.78 is 10.0. The van der Waals surface area contributed by atoms with Crippen molar-refractivity contribution in [3.05, 3.63) is 23.6 Å². The van der Waals surface area contributed by atoms with Gasteiger partial charge in [-0.1, -0.05) is 0 Å². The topological polar surface area (TPSA) is 107 Å². The van der Waals surface area contributed by atoms with E-state index in [2.05, 4.69) is 20.4 Å². The maximum Gasteiger partial charge on any atom is 0.306 e. The molecule has 0 radical (unpaired) electrons. The van der Waals surface area contributed by atoms with Gasteiger partial charge in [-0.2, -0.15) is 0 Å². The largest absolute Gasteiger partial charge is 0.479 e. The highest BCUT2D eigenvalue weighted by molar-refractivity contribution is 7.14. The van der Waals surface area contributed by atoms with Crippen molar-refractivity contribution in [2.45, 2.75) is 25.9 Å². The fourth-order valence-electron chi connectivity index (χ4n) is 2.33. The zero-order chi connectivity index (χ0) is 18.7. The summed E-state index contributed by atoms with van der Waals surface area (Å²) in [6, 6.07) is 5.38. The second-order valence-corrected chi connectivity index (χ2v) is 6.48. The average Bonchev–Trinajstić information content (AvgIpc) is 3.08. The van der Waals surface area contributed by atoms with Gasteiger partial charge in [0, 0.05) is 17.4 Å². The minimum Gasteiger partial charge on any atom is -0.479 e. The summed E-state index contributed by atoms with van der Waals surface area (Å²) in [7, 11) is 1.28. The number of carbonyl (C=O) groups excluding carboxylic acids is 3. The zero-order valence-corrected chi connectivity index (χ0v) is 15.0. The molecule has 9 heteroatoms. The van der Waals surface area contributed by atoms with Gasteiger partial charge in [0.25, 0.3) is 5.91 Å². The summed E-state index contributed by atoms with van der Waals surface area (Å²) in [5.41, 5.74) is 2.03. The van der Waals surface area contributed by atoms with E-state index in [0.717, 1.165) is 5.56 Å². The molecule has 0 fully saturated rings. The van der Waals surface area contributed by atoms with Crippen LogP contribution in [0.2, 0.25) is 0 Å². The lowest BCUT2D eigenvalue weighted by Crippen LogP contribution is -2.34.